The van der Waals surface area contributed by atoms with Gasteiger partial charge in [-0.2, -0.15) is 8.42 Å². The van der Waals surface area contributed by atoms with Gasteiger partial charge in [0.2, 0.25) is 6.79 Å². The summed E-state index contributed by atoms with van der Waals surface area (Å²) in [6.07, 6.45) is 1.62. The van der Waals surface area contributed by atoms with Gasteiger partial charge in [0.1, 0.15) is 4.90 Å². The molecule has 4 rings (SSSR count). The molecule has 1 fully saturated rings. The van der Waals surface area contributed by atoms with Crippen molar-refractivity contribution in [3.63, 3.8) is 0 Å². The molecule has 1 N–H and O–H groups in total. The summed E-state index contributed by atoms with van der Waals surface area (Å²) in [5, 5.41) is 2.48. The summed E-state index contributed by atoms with van der Waals surface area (Å²) in [7, 11) is -4.05. The van der Waals surface area contributed by atoms with Crippen LogP contribution >= 0.6 is 23.4 Å². The van der Waals surface area contributed by atoms with Crippen LogP contribution in [0.25, 0.3) is 6.08 Å². The predicted molar refractivity (Wildman–Crippen MR) is 102 cm³/mol. The Morgan fingerprint density at radius 3 is 2.74 bits per heavy atom. The topological polar surface area (TPSA) is 94.1 Å². The Hall–Kier alpha value is -2.49. The van der Waals surface area contributed by atoms with E-state index < -0.39 is 15.9 Å². The summed E-state index contributed by atoms with van der Waals surface area (Å²) in [6.45, 7) is 0.154. The van der Waals surface area contributed by atoms with Crippen LogP contribution in [0.2, 0.25) is 5.02 Å². The van der Waals surface area contributed by atoms with Crippen molar-refractivity contribution in [2.24, 2.45) is 4.40 Å². The highest BCUT2D eigenvalue weighted by Gasteiger charge is 2.27. The third-order valence-electron chi connectivity index (χ3n) is 3.66. The monoisotopic (exact) mass is 422 g/mol. The maximum absolute atomic E-state index is 12.4. The van der Waals surface area contributed by atoms with E-state index in [0.717, 1.165) is 11.8 Å². The number of carbonyl (C=O) groups is 1. The molecule has 7 nitrogen and oxygen atoms in total. The molecule has 0 atom stereocenters. The number of hydrogen-bond acceptors (Lipinski definition) is 6. The second kappa shape index (κ2) is 6.91. The lowest BCUT2D eigenvalue weighted by Gasteiger charge is -2.01. The van der Waals surface area contributed by atoms with Crippen molar-refractivity contribution in [1.29, 1.82) is 0 Å². The molecule has 0 spiro atoms. The molecular weight excluding hydrogens is 412 g/mol. The average Bonchev–Trinajstić information content (AvgIpc) is 3.21. The van der Waals surface area contributed by atoms with Gasteiger partial charge >= 0.3 is 0 Å². The molecule has 0 aliphatic carbocycles. The molecular formula is C17H11ClN2O5S2. The van der Waals surface area contributed by atoms with Crippen molar-refractivity contribution >= 4 is 50.5 Å². The van der Waals surface area contributed by atoms with Crippen LogP contribution in [-0.4, -0.2) is 26.3 Å². The first-order chi connectivity index (χ1) is 12.9. The molecule has 0 bridgehead atoms. The quantitative estimate of drug-likeness (QED) is 0.764. The molecule has 2 aliphatic rings. The Labute approximate surface area is 164 Å². The number of benzene rings is 2. The van der Waals surface area contributed by atoms with E-state index in [1.54, 1.807) is 36.4 Å². The van der Waals surface area contributed by atoms with E-state index in [-0.39, 0.29) is 21.9 Å². The summed E-state index contributed by atoms with van der Waals surface area (Å²) in [6, 6.07) is 11.2. The van der Waals surface area contributed by atoms with Gasteiger partial charge in [0.15, 0.2) is 16.7 Å². The SMILES string of the molecule is O=C1NC(=NS(=O)(=O)c2ccccc2Cl)S/C1=C\c1ccc2c(c1)OCO2. The molecule has 2 aliphatic heterocycles. The van der Waals surface area contributed by atoms with Crippen LogP contribution < -0.4 is 14.8 Å². The molecule has 0 unspecified atom stereocenters. The van der Waals surface area contributed by atoms with Crippen LogP contribution in [0.4, 0.5) is 0 Å². The number of amidine groups is 1. The molecule has 2 aromatic carbocycles. The number of thioether (sulfide) groups is 1. The zero-order valence-corrected chi connectivity index (χ0v) is 15.9. The average molecular weight is 423 g/mol. The fraction of sp³-hybridized carbons (Fsp3) is 0.0588. The summed E-state index contributed by atoms with van der Waals surface area (Å²) >= 11 is 6.86. The van der Waals surface area contributed by atoms with Crippen LogP contribution in [0, 0.1) is 0 Å². The zero-order valence-electron chi connectivity index (χ0n) is 13.5. The summed E-state index contributed by atoms with van der Waals surface area (Å²) in [4.78, 5) is 12.3. The first-order valence-corrected chi connectivity index (χ1v) is 10.3. The second-order valence-corrected chi connectivity index (χ2v) is 8.49. The number of rotatable bonds is 3. The fourth-order valence-electron chi connectivity index (χ4n) is 2.44. The normalized spacial score (nSPS) is 18.9. The number of nitrogens with one attached hydrogen (secondary N) is 1. The molecule has 138 valence electrons. The minimum absolute atomic E-state index is 0.0353. The molecule has 10 heteroatoms. The molecule has 1 amide bonds. The first kappa shape index (κ1) is 17.9. The number of fused-ring (bicyclic) bond motifs is 1. The van der Waals surface area contributed by atoms with Gasteiger partial charge in [-0.1, -0.05) is 29.8 Å². The Kier molecular flexibility index (Phi) is 4.58. The van der Waals surface area contributed by atoms with Gasteiger partial charge in [-0.25, -0.2) is 0 Å². The molecule has 2 aromatic rings. The van der Waals surface area contributed by atoms with Crippen molar-refractivity contribution in [2.45, 2.75) is 4.90 Å². The third-order valence-corrected chi connectivity index (χ3v) is 6.46. The second-order valence-electron chi connectivity index (χ2n) is 5.48. The van der Waals surface area contributed by atoms with Crippen LogP contribution in [0.15, 0.2) is 56.7 Å². The summed E-state index contributed by atoms with van der Waals surface area (Å²) in [5.74, 6) is 0.780. The van der Waals surface area contributed by atoms with Crippen LogP contribution in [0.5, 0.6) is 11.5 Å². The van der Waals surface area contributed by atoms with Gasteiger partial charge in [-0.15, -0.1) is 4.40 Å². The minimum Gasteiger partial charge on any atom is -0.454 e. The van der Waals surface area contributed by atoms with Gasteiger partial charge in [-0.05, 0) is 47.7 Å². The number of hydrogen-bond donors (Lipinski definition) is 1. The number of carbonyl (C=O) groups excluding carboxylic acids is 1. The van der Waals surface area contributed by atoms with E-state index in [2.05, 4.69) is 9.71 Å². The van der Waals surface area contributed by atoms with Gasteiger partial charge in [-0.3, -0.25) is 10.1 Å². The smallest absolute Gasteiger partial charge is 0.286 e. The lowest BCUT2D eigenvalue weighted by atomic mass is 10.2. The Morgan fingerprint density at radius 2 is 1.93 bits per heavy atom. The molecule has 1 saturated heterocycles. The van der Waals surface area contributed by atoms with Crippen LogP contribution in [0.3, 0.4) is 0 Å². The Balaban J connectivity index is 1.60. The summed E-state index contributed by atoms with van der Waals surface area (Å²) < 4.78 is 39.1. The highest BCUT2D eigenvalue weighted by molar-refractivity contribution is 8.19. The highest BCUT2D eigenvalue weighted by Crippen LogP contribution is 2.35. The maximum atomic E-state index is 12.4. The van der Waals surface area contributed by atoms with Crippen molar-refractivity contribution in [3.05, 3.63) is 58.0 Å². The number of sulfonamides is 1. The van der Waals surface area contributed by atoms with Gasteiger partial charge in [0.05, 0.1) is 9.93 Å². The minimum atomic E-state index is -4.05. The summed E-state index contributed by atoms with van der Waals surface area (Å²) in [5.41, 5.74) is 0.715. The standard InChI is InChI=1S/C17H11ClN2O5S2/c18-11-3-1-2-4-15(11)27(22,23)20-17-19-16(21)14(26-17)8-10-5-6-12-13(7-10)25-9-24-12/h1-8H,9H2,(H,19,20,21)/b14-8-. The van der Waals surface area contributed by atoms with E-state index in [0.29, 0.717) is 22.0 Å². The first-order valence-electron chi connectivity index (χ1n) is 7.62. The lowest BCUT2D eigenvalue weighted by Crippen LogP contribution is -2.20. The van der Waals surface area contributed by atoms with E-state index in [1.165, 1.54) is 12.1 Å². The van der Waals surface area contributed by atoms with E-state index >= 15 is 0 Å². The Bertz CT molecular complexity index is 1110. The van der Waals surface area contributed by atoms with Gasteiger partial charge in [0, 0.05) is 0 Å². The lowest BCUT2D eigenvalue weighted by molar-refractivity contribution is -0.115. The van der Waals surface area contributed by atoms with E-state index in [1.807, 2.05) is 0 Å². The van der Waals surface area contributed by atoms with Crippen molar-refractivity contribution in [3.8, 4) is 11.5 Å². The maximum Gasteiger partial charge on any atom is 0.286 e. The van der Waals surface area contributed by atoms with Crippen LogP contribution in [-0.2, 0) is 14.8 Å². The largest absolute Gasteiger partial charge is 0.454 e. The fourth-order valence-corrected chi connectivity index (χ4v) is 4.93. The molecule has 2 heterocycles. The van der Waals surface area contributed by atoms with Gasteiger partial charge < -0.3 is 9.47 Å². The van der Waals surface area contributed by atoms with E-state index in [4.69, 9.17) is 21.1 Å². The molecule has 27 heavy (non-hydrogen) atoms. The van der Waals surface area contributed by atoms with Crippen molar-refractivity contribution < 1.29 is 22.7 Å². The molecule has 0 radical (unpaired) electrons. The van der Waals surface area contributed by atoms with E-state index in [9.17, 15) is 13.2 Å². The highest BCUT2D eigenvalue weighted by atomic mass is 35.5. The van der Waals surface area contributed by atoms with Crippen LogP contribution in [0.1, 0.15) is 5.56 Å². The number of halogens is 1. The Morgan fingerprint density at radius 1 is 1.15 bits per heavy atom. The van der Waals surface area contributed by atoms with Gasteiger partial charge in [0.25, 0.3) is 15.9 Å². The van der Waals surface area contributed by atoms with Crippen molar-refractivity contribution in [2.75, 3.05) is 6.79 Å². The number of nitrogens with zero attached hydrogens (tertiary/aromatic N) is 1. The van der Waals surface area contributed by atoms with Crippen molar-refractivity contribution in [1.82, 2.24) is 5.32 Å². The number of amides is 1. The number of ether oxygens (including phenoxy) is 2. The predicted octanol–water partition coefficient (Wildman–Crippen LogP) is 3.02. The molecule has 0 aromatic heterocycles. The zero-order chi connectivity index (χ0) is 19.0. The third kappa shape index (κ3) is 3.66. The molecule has 0 saturated carbocycles.